The zero-order valence-electron chi connectivity index (χ0n) is 16.1. The van der Waals surface area contributed by atoms with Crippen LogP contribution in [0.5, 0.6) is 5.88 Å². The molecule has 27 heavy (non-hydrogen) atoms. The summed E-state index contributed by atoms with van der Waals surface area (Å²) in [7, 11) is 1.59. The lowest BCUT2D eigenvalue weighted by Gasteiger charge is -2.42. The van der Waals surface area contributed by atoms with E-state index in [1.165, 1.54) is 0 Å². The van der Waals surface area contributed by atoms with E-state index in [1.807, 2.05) is 6.07 Å². The molecule has 1 atom stereocenters. The maximum atomic E-state index is 12.4. The molecule has 1 saturated carbocycles. The molecular weight excluding hydrogens is 344 g/mol. The van der Waals surface area contributed by atoms with E-state index in [9.17, 15) is 4.79 Å². The minimum absolute atomic E-state index is 0.156. The second-order valence-corrected chi connectivity index (χ2v) is 7.96. The fraction of sp³-hybridized carbons (Fsp3) is 0.737. The van der Waals surface area contributed by atoms with Gasteiger partial charge >= 0.3 is 0 Å². The van der Waals surface area contributed by atoms with Gasteiger partial charge in [-0.05, 0) is 45.1 Å². The van der Waals surface area contributed by atoms with E-state index < -0.39 is 0 Å². The van der Waals surface area contributed by atoms with Gasteiger partial charge in [-0.2, -0.15) is 9.97 Å². The maximum Gasteiger partial charge on any atom is 0.225 e. The zero-order chi connectivity index (χ0) is 18.8. The van der Waals surface area contributed by atoms with E-state index >= 15 is 0 Å². The quantitative estimate of drug-likeness (QED) is 0.794. The lowest BCUT2D eigenvalue weighted by Crippen LogP contribution is -2.51. The van der Waals surface area contributed by atoms with Crippen molar-refractivity contribution in [2.75, 3.05) is 43.9 Å². The molecule has 8 heteroatoms. The largest absolute Gasteiger partial charge is 0.481 e. The predicted octanol–water partition coefficient (Wildman–Crippen LogP) is 1.03. The van der Waals surface area contributed by atoms with Gasteiger partial charge in [0.2, 0.25) is 17.7 Å². The monoisotopic (exact) mass is 374 g/mol. The van der Waals surface area contributed by atoms with Crippen molar-refractivity contribution >= 4 is 17.7 Å². The van der Waals surface area contributed by atoms with Crippen LogP contribution in [0.4, 0.5) is 11.8 Å². The maximum absolute atomic E-state index is 12.4. The number of nitrogen functional groups attached to an aromatic ring is 1. The number of hydrogen-bond acceptors (Lipinski definition) is 7. The second-order valence-electron chi connectivity index (χ2n) is 7.96. The SMILES string of the molecule is COc1cc(N2CCC(N3CCC[C@H](C(=O)NC4CC4)C3)CC2)nc(N)n1. The molecule has 3 aliphatic rings. The Morgan fingerprint density at radius 2 is 1.96 bits per heavy atom. The molecule has 1 amide bonds. The summed E-state index contributed by atoms with van der Waals surface area (Å²) in [6, 6.07) is 2.84. The van der Waals surface area contributed by atoms with E-state index in [-0.39, 0.29) is 17.8 Å². The summed E-state index contributed by atoms with van der Waals surface area (Å²) in [4.78, 5) is 25.6. The first-order chi connectivity index (χ1) is 13.1. The average Bonchev–Trinajstić information content (AvgIpc) is 3.51. The van der Waals surface area contributed by atoms with Crippen molar-refractivity contribution in [3.05, 3.63) is 6.07 Å². The fourth-order valence-electron chi connectivity index (χ4n) is 4.26. The van der Waals surface area contributed by atoms with Crippen LogP contribution in [0.15, 0.2) is 6.07 Å². The van der Waals surface area contributed by atoms with Crippen LogP contribution in [-0.4, -0.2) is 66.1 Å². The molecule has 148 valence electrons. The minimum atomic E-state index is 0.156. The Morgan fingerprint density at radius 1 is 1.19 bits per heavy atom. The molecule has 0 unspecified atom stereocenters. The molecule has 3 fully saturated rings. The number of likely N-dealkylation sites (tertiary alicyclic amines) is 1. The lowest BCUT2D eigenvalue weighted by atomic mass is 9.93. The zero-order valence-corrected chi connectivity index (χ0v) is 16.1. The number of anilines is 2. The topological polar surface area (TPSA) is 96.6 Å². The Bertz CT molecular complexity index is 672. The van der Waals surface area contributed by atoms with E-state index in [0.29, 0.717) is 18.0 Å². The number of piperidine rings is 2. The van der Waals surface area contributed by atoms with Gasteiger partial charge < -0.3 is 20.7 Å². The molecule has 0 spiro atoms. The molecule has 1 aromatic rings. The van der Waals surface area contributed by atoms with Crippen LogP contribution in [0.2, 0.25) is 0 Å². The third-order valence-corrected chi connectivity index (χ3v) is 5.97. The van der Waals surface area contributed by atoms with Crippen LogP contribution in [0.3, 0.4) is 0 Å². The summed E-state index contributed by atoms with van der Waals surface area (Å²) in [6.45, 7) is 3.86. The van der Waals surface area contributed by atoms with Crippen LogP contribution < -0.4 is 20.7 Å². The lowest BCUT2D eigenvalue weighted by molar-refractivity contribution is -0.127. The number of aromatic nitrogens is 2. The highest BCUT2D eigenvalue weighted by molar-refractivity contribution is 5.79. The number of hydrogen-bond donors (Lipinski definition) is 2. The first-order valence-electron chi connectivity index (χ1n) is 10.1. The molecule has 0 bridgehead atoms. The summed E-state index contributed by atoms with van der Waals surface area (Å²) in [5, 5.41) is 3.18. The minimum Gasteiger partial charge on any atom is -0.481 e. The molecule has 4 rings (SSSR count). The van der Waals surface area contributed by atoms with Gasteiger partial charge in [0, 0.05) is 37.8 Å². The van der Waals surface area contributed by atoms with Crippen LogP contribution in [-0.2, 0) is 4.79 Å². The van der Waals surface area contributed by atoms with Crippen molar-refractivity contribution in [3.8, 4) is 5.88 Å². The Morgan fingerprint density at radius 3 is 2.67 bits per heavy atom. The first kappa shape index (κ1) is 18.3. The number of nitrogens with two attached hydrogens (primary N) is 1. The number of carbonyl (C=O) groups is 1. The number of rotatable bonds is 5. The summed E-state index contributed by atoms with van der Waals surface area (Å²) < 4.78 is 5.20. The van der Waals surface area contributed by atoms with E-state index in [4.69, 9.17) is 10.5 Å². The smallest absolute Gasteiger partial charge is 0.225 e. The fourth-order valence-corrected chi connectivity index (χ4v) is 4.26. The average molecular weight is 374 g/mol. The molecule has 3 N–H and O–H groups in total. The molecule has 2 saturated heterocycles. The highest BCUT2D eigenvalue weighted by Crippen LogP contribution is 2.28. The molecule has 1 aromatic heterocycles. The summed E-state index contributed by atoms with van der Waals surface area (Å²) in [5.41, 5.74) is 5.79. The Kier molecular flexibility index (Phi) is 5.33. The molecule has 0 aromatic carbocycles. The number of nitrogens with one attached hydrogen (secondary N) is 1. The number of nitrogens with zero attached hydrogens (tertiary/aromatic N) is 4. The van der Waals surface area contributed by atoms with Gasteiger partial charge in [-0.15, -0.1) is 0 Å². The molecule has 0 radical (unpaired) electrons. The Hall–Kier alpha value is -2.09. The van der Waals surface area contributed by atoms with Crippen molar-refractivity contribution in [1.82, 2.24) is 20.2 Å². The molecule has 3 heterocycles. The Labute approximate surface area is 160 Å². The summed E-state index contributed by atoms with van der Waals surface area (Å²) in [6.07, 6.45) is 6.58. The molecule has 1 aliphatic carbocycles. The highest BCUT2D eigenvalue weighted by Gasteiger charge is 2.34. The predicted molar refractivity (Wildman–Crippen MR) is 104 cm³/mol. The van der Waals surface area contributed by atoms with Crippen molar-refractivity contribution in [3.63, 3.8) is 0 Å². The standard InChI is InChI=1S/C19H30N6O2/c1-27-17-11-16(22-19(20)23-17)24-9-6-15(7-10-24)25-8-2-3-13(12-25)18(26)21-14-4-5-14/h11,13-15H,2-10,12H2,1H3,(H,21,26)(H2,20,22,23)/t13-/m0/s1. The second kappa shape index (κ2) is 7.88. The summed E-state index contributed by atoms with van der Waals surface area (Å²) >= 11 is 0. The normalized spacial score (nSPS) is 24.6. The van der Waals surface area contributed by atoms with Crippen LogP contribution >= 0.6 is 0 Å². The molecular formula is C19H30N6O2. The van der Waals surface area contributed by atoms with Gasteiger partial charge in [-0.25, -0.2) is 0 Å². The van der Waals surface area contributed by atoms with Gasteiger partial charge in [-0.3, -0.25) is 9.69 Å². The first-order valence-corrected chi connectivity index (χ1v) is 10.1. The van der Waals surface area contributed by atoms with Crippen LogP contribution in [0.1, 0.15) is 38.5 Å². The van der Waals surface area contributed by atoms with Gasteiger partial charge in [0.05, 0.1) is 13.0 Å². The van der Waals surface area contributed by atoms with Gasteiger partial charge in [0.15, 0.2) is 0 Å². The van der Waals surface area contributed by atoms with Crippen molar-refractivity contribution in [2.24, 2.45) is 5.92 Å². The van der Waals surface area contributed by atoms with Crippen molar-refractivity contribution < 1.29 is 9.53 Å². The van der Waals surface area contributed by atoms with Crippen molar-refractivity contribution in [1.29, 1.82) is 0 Å². The number of ether oxygens (including phenoxy) is 1. The van der Waals surface area contributed by atoms with Gasteiger partial charge in [0.1, 0.15) is 5.82 Å². The number of amides is 1. The van der Waals surface area contributed by atoms with E-state index in [1.54, 1.807) is 7.11 Å². The molecule has 8 nitrogen and oxygen atoms in total. The van der Waals surface area contributed by atoms with Crippen molar-refractivity contribution in [2.45, 2.75) is 50.6 Å². The highest BCUT2D eigenvalue weighted by atomic mass is 16.5. The van der Waals surface area contributed by atoms with Gasteiger partial charge in [-0.1, -0.05) is 0 Å². The number of carbonyl (C=O) groups excluding carboxylic acids is 1. The van der Waals surface area contributed by atoms with Crippen LogP contribution in [0.25, 0.3) is 0 Å². The third-order valence-electron chi connectivity index (χ3n) is 5.97. The van der Waals surface area contributed by atoms with E-state index in [2.05, 4.69) is 25.1 Å². The van der Waals surface area contributed by atoms with E-state index in [0.717, 1.165) is 70.5 Å². The third kappa shape index (κ3) is 4.43. The van der Waals surface area contributed by atoms with Gasteiger partial charge in [0.25, 0.3) is 0 Å². The Balaban J connectivity index is 1.32. The molecule has 2 aliphatic heterocycles. The number of methoxy groups -OCH3 is 1. The van der Waals surface area contributed by atoms with Crippen LogP contribution in [0, 0.1) is 5.92 Å². The summed E-state index contributed by atoms with van der Waals surface area (Å²) in [5.74, 6) is 2.00.